The maximum absolute atomic E-state index is 9.77. The molecule has 106 valence electrons. The zero-order valence-corrected chi connectivity index (χ0v) is 12.6. The molecule has 0 saturated heterocycles. The molecular weight excluding hydrogens is 254 g/mol. The fourth-order valence-corrected chi connectivity index (χ4v) is 3.91. The van der Waals surface area contributed by atoms with Crippen molar-refractivity contribution in [2.45, 2.75) is 54.8 Å². The molecule has 1 aliphatic carbocycles. The van der Waals surface area contributed by atoms with E-state index < -0.39 is 0 Å². The van der Waals surface area contributed by atoms with Crippen molar-refractivity contribution in [2.75, 3.05) is 13.6 Å². The van der Waals surface area contributed by atoms with Gasteiger partial charge in [0.1, 0.15) is 0 Å². The summed E-state index contributed by atoms with van der Waals surface area (Å²) in [6.07, 6.45) is 7.38. The van der Waals surface area contributed by atoms with E-state index in [1.165, 1.54) is 42.6 Å². The van der Waals surface area contributed by atoms with Crippen LogP contribution in [0.1, 0.15) is 37.7 Å². The number of nitrogens with one attached hydrogen (secondary N) is 1. The van der Waals surface area contributed by atoms with Crippen LogP contribution in [0, 0.1) is 0 Å². The Bertz CT molecular complexity index is 360. The lowest BCUT2D eigenvalue weighted by Crippen LogP contribution is -2.25. The molecule has 1 aromatic rings. The molecule has 0 aromatic heterocycles. The van der Waals surface area contributed by atoms with Crippen LogP contribution in [-0.2, 0) is 6.42 Å². The summed E-state index contributed by atoms with van der Waals surface area (Å²) in [6, 6.07) is 8.73. The first-order valence-corrected chi connectivity index (χ1v) is 8.24. The summed E-state index contributed by atoms with van der Waals surface area (Å²) >= 11 is 2.03. The van der Waals surface area contributed by atoms with Crippen molar-refractivity contribution < 1.29 is 5.11 Å². The molecule has 2 N–H and O–H groups in total. The van der Waals surface area contributed by atoms with Gasteiger partial charge in [0.15, 0.2) is 0 Å². The zero-order valence-electron chi connectivity index (χ0n) is 11.8. The Kier molecular flexibility index (Phi) is 6.21. The van der Waals surface area contributed by atoms with Crippen LogP contribution in [0.3, 0.4) is 0 Å². The van der Waals surface area contributed by atoms with Crippen molar-refractivity contribution >= 4 is 11.8 Å². The van der Waals surface area contributed by atoms with Gasteiger partial charge in [-0.15, -0.1) is 11.8 Å². The Hall–Kier alpha value is -0.510. The van der Waals surface area contributed by atoms with Crippen molar-refractivity contribution in [3.8, 4) is 0 Å². The van der Waals surface area contributed by atoms with Gasteiger partial charge < -0.3 is 10.4 Å². The van der Waals surface area contributed by atoms with E-state index in [2.05, 4.69) is 29.6 Å². The largest absolute Gasteiger partial charge is 0.391 e. The summed E-state index contributed by atoms with van der Waals surface area (Å²) in [7, 11) is 1.87. The van der Waals surface area contributed by atoms with Crippen LogP contribution in [0.15, 0.2) is 29.2 Å². The maximum Gasteiger partial charge on any atom is 0.0704 e. The number of hydrogen-bond donors (Lipinski definition) is 2. The molecule has 19 heavy (non-hydrogen) atoms. The topological polar surface area (TPSA) is 32.3 Å². The van der Waals surface area contributed by atoms with E-state index in [1.54, 1.807) is 0 Å². The third-order valence-corrected chi connectivity index (χ3v) is 5.04. The van der Waals surface area contributed by atoms with Crippen molar-refractivity contribution in [3.05, 3.63) is 29.8 Å². The molecule has 0 amide bonds. The molecule has 2 nitrogen and oxygen atoms in total. The van der Waals surface area contributed by atoms with Crippen LogP contribution in [-0.4, -0.2) is 30.1 Å². The van der Waals surface area contributed by atoms with Crippen LogP contribution in [0.2, 0.25) is 0 Å². The number of aliphatic hydroxyl groups is 1. The minimum atomic E-state index is -0.290. The van der Waals surface area contributed by atoms with Gasteiger partial charge in [0, 0.05) is 16.7 Å². The first-order valence-electron chi connectivity index (χ1n) is 7.36. The number of benzene rings is 1. The molecule has 1 unspecified atom stereocenters. The van der Waals surface area contributed by atoms with Crippen LogP contribution in [0.4, 0.5) is 0 Å². The number of rotatable bonds is 6. The maximum atomic E-state index is 9.77. The second-order valence-corrected chi connectivity index (χ2v) is 6.81. The molecule has 1 fully saturated rings. The first-order chi connectivity index (χ1) is 9.28. The van der Waals surface area contributed by atoms with Gasteiger partial charge in [-0.3, -0.25) is 0 Å². The van der Waals surface area contributed by atoms with Crippen molar-refractivity contribution in [2.24, 2.45) is 0 Å². The number of likely N-dealkylation sites (N-methyl/N-ethyl adjacent to an activating group) is 1. The molecule has 1 aliphatic rings. The first kappa shape index (κ1) is 14.9. The van der Waals surface area contributed by atoms with E-state index in [-0.39, 0.29) is 6.10 Å². The Balaban J connectivity index is 1.83. The Morgan fingerprint density at radius 1 is 1.21 bits per heavy atom. The third-order valence-electron chi connectivity index (χ3n) is 3.69. The summed E-state index contributed by atoms with van der Waals surface area (Å²) in [6.45, 7) is 0.651. The van der Waals surface area contributed by atoms with Crippen molar-refractivity contribution in [1.82, 2.24) is 5.32 Å². The van der Waals surface area contributed by atoms with Gasteiger partial charge in [0.05, 0.1) is 6.10 Å². The Morgan fingerprint density at radius 2 is 1.89 bits per heavy atom. The monoisotopic (exact) mass is 279 g/mol. The summed E-state index contributed by atoms with van der Waals surface area (Å²) in [5.41, 5.74) is 1.22. The molecular formula is C16H25NOS. The lowest BCUT2D eigenvalue weighted by atomic mass is 10.0. The summed E-state index contributed by atoms with van der Waals surface area (Å²) < 4.78 is 0. The highest BCUT2D eigenvalue weighted by Crippen LogP contribution is 2.33. The molecule has 0 heterocycles. The van der Waals surface area contributed by atoms with Gasteiger partial charge in [-0.2, -0.15) is 0 Å². The van der Waals surface area contributed by atoms with Crippen LogP contribution in [0.25, 0.3) is 0 Å². The highest BCUT2D eigenvalue weighted by Gasteiger charge is 2.14. The average Bonchev–Trinajstić information content (AvgIpc) is 2.42. The zero-order chi connectivity index (χ0) is 13.5. The molecule has 0 bridgehead atoms. The van der Waals surface area contributed by atoms with E-state index in [1.807, 2.05) is 18.8 Å². The average molecular weight is 279 g/mol. The second-order valence-electron chi connectivity index (χ2n) is 5.44. The van der Waals surface area contributed by atoms with E-state index in [0.717, 1.165) is 11.7 Å². The molecule has 3 heteroatoms. The number of thioether (sulfide) groups is 1. The van der Waals surface area contributed by atoms with Crippen LogP contribution < -0.4 is 5.32 Å². The summed E-state index contributed by atoms with van der Waals surface area (Å²) in [5, 5.41) is 13.6. The third kappa shape index (κ3) is 5.17. The van der Waals surface area contributed by atoms with E-state index >= 15 is 0 Å². The smallest absolute Gasteiger partial charge is 0.0704 e. The molecule has 0 spiro atoms. The van der Waals surface area contributed by atoms with Gasteiger partial charge in [0.25, 0.3) is 0 Å². The van der Waals surface area contributed by atoms with E-state index in [9.17, 15) is 5.11 Å². The molecule has 1 atom stereocenters. The fraction of sp³-hybridized carbons (Fsp3) is 0.625. The number of hydrogen-bond acceptors (Lipinski definition) is 3. The minimum Gasteiger partial charge on any atom is -0.391 e. The molecule has 1 aromatic carbocycles. The molecule has 1 saturated carbocycles. The van der Waals surface area contributed by atoms with E-state index in [0.29, 0.717) is 6.54 Å². The fourth-order valence-electron chi connectivity index (χ4n) is 2.66. The lowest BCUT2D eigenvalue weighted by molar-refractivity contribution is 0.175. The van der Waals surface area contributed by atoms with Gasteiger partial charge in [-0.1, -0.05) is 31.4 Å². The normalized spacial score (nSPS) is 18.4. The highest BCUT2D eigenvalue weighted by molar-refractivity contribution is 8.00. The quantitative estimate of drug-likeness (QED) is 0.838. The lowest BCUT2D eigenvalue weighted by Gasteiger charge is -2.21. The summed E-state index contributed by atoms with van der Waals surface area (Å²) in [5.74, 6) is 0. The van der Waals surface area contributed by atoms with Crippen LogP contribution >= 0.6 is 11.8 Å². The van der Waals surface area contributed by atoms with Gasteiger partial charge >= 0.3 is 0 Å². The second kappa shape index (κ2) is 7.93. The predicted molar refractivity (Wildman–Crippen MR) is 82.8 cm³/mol. The molecule has 0 radical (unpaired) electrons. The molecule has 2 rings (SSSR count). The van der Waals surface area contributed by atoms with Gasteiger partial charge in [0.2, 0.25) is 0 Å². The number of aliphatic hydroxyl groups excluding tert-OH is 1. The van der Waals surface area contributed by atoms with Crippen LogP contribution in [0.5, 0.6) is 0 Å². The van der Waals surface area contributed by atoms with Gasteiger partial charge in [-0.05, 0) is 44.0 Å². The van der Waals surface area contributed by atoms with Gasteiger partial charge in [-0.25, -0.2) is 0 Å². The minimum absolute atomic E-state index is 0.290. The highest BCUT2D eigenvalue weighted by atomic mass is 32.2. The van der Waals surface area contributed by atoms with Crippen molar-refractivity contribution in [1.29, 1.82) is 0 Å². The van der Waals surface area contributed by atoms with E-state index in [4.69, 9.17) is 0 Å². The SMILES string of the molecule is CNCC(O)Cc1ccc(SC2CCCCC2)cc1. The van der Waals surface area contributed by atoms with Crippen molar-refractivity contribution in [3.63, 3.8) is 0 Å². The predicted octanol–water partition coefficient (Wildman–Crippen LogP) is 3.23. The standard InChI is InChI=1S/C16H25NOS/c1-17-12-14(18)11-13-7-9-16(10-8-13)19-15-5-3-2-4-6-15/h7-10,14-15,17-18H,2-6,11-12H2,1H3. The molecule has 0 aliphatic heterocycles. The Morgan fingerprint density at radius 3 is 2.53 bits per heavy atom. The Labute approximate surface area is 121 Å². The summed E-state index contributed by atoms with van der Waals surface area (Å²) in [4.78, 5) is 1.37.